The first kappa shape index (κ1) is 32.6. The van der Waals surface area contributed by atoms with Crippen molar-refractivity contribution in [2.24, 2.45) is 0 Å². The Morgan fingerprint density at radius 1 is 0.411 bits per heavy atom. The lowest BCUT2D eigenvalue weighted by Crippen LogP contribution is -2.14. The standard InChI is InChI=1S/C51H34N4S/c1-51(2)39-18-8-6-15-35(39)36-28-27-34(29-40(36)51)44-30-43(54-50(55-44)33-13-4-3-5-14-33)31-23-25-32(26-24-31)48-49(53-42-20-10-9-19-41(42)52-48)38-17-12-22-46-47(38)37-16-7-11-21-45(37)56-46/h3-30H,1-2H3. The zero-order chi connectivity index (χ0) is 37.4. The number of thiophene rings is 1. The summed E-state index contributed by atoms with van der Waals surface area (Å²) in [5.41, 5.74) is 15.6. The van der Waals surface area contributed by atoms with Crippen molar-refractivity contribution in [3.8, 4) is 67.5 Å². The zero-order valence-electron chi connectivity index (χ0n) is 30.9. The number of fused-ring (bicyclic) bond motifs is 7. The van der Waals surface area contributed by atoms with Gasteiger partial charge >= 0.3 is 0 Å². The Hall–Kier alpha value is -6.82. The monoisotopic (exact) mass is 734 g/mol. The summed E-state index contributed by atoms with van der Waals surface area (Å²) in [5, 5.41) is 2.46. The number of hydrogen-bond donors (Lipinski definition) is 0. The van der Waals surface area contributed by atoms with Crippen LogP contribution in [0.4, 0.5) is 0 Å². The molecular weight excluding hydrogens is 701 g/mol. The van der Waals surface area contributed by atoms with Crippen LogP contribution in [0.1, 0.15) is 25.0 Å². The lowest BCUT2D eigenvalue weighted by Gasteiger charge is -2.22. The number of hydrogen-bond acceptors (Lipinski definition) is 5. The molecule has 3 heterocycles. The molecule has 0 atom stereocenters. The second kappa shape index (κ2) is 12.6. The largest absolute Gasteiger partial charge is 0.244 e. The molecule has 1 aliphatic carbocycles. The third-order valence-corrected chi connectivity index (χ3v) is 12.5. The van der Waals surface area contributed by atoms with E-state index in [1.54, 1.807) is 0 Å². The predicted molar refractivity (Wildman–Crippen MR) is 233 cm³/mol. The van der Waals surface area contributed by atoms with Crippen LogP contribution in [-0.2, 0) is 5.41 Å². The van der Waals surface area contributed by atoms with Crippen molar-refractivity contribution in [1.82, 2.24) is 19.9 Å². The van der Waals surface area contributed by atoms with Crippen LogP contribution in [0.15, 0.2) is 170 Å². The van der Waals surface area contributed by atoms with E-state index in [-0.39, 0.29) is 5.41 Å². The molecule has 0 spiro atoms. The molecule has 0 unspecified atom stereocenters. The molecule has 10 aromatic rings. The second-order valence-electron chi connectivity index (χ2n) is 15.0. The van der Waals surface area contributed by atoms with E-state index in [2.05, 4.69) is 141 Å². The van der Waals surface area contributed by atoms with Gasteiger partial charge in [0.15, 0.2) is 5.82 Å². The summed E-state index contributed by atoms with van der Waals surface area (Å²) in [7, 11) is 0. The highest BCUT2D eigenvalue weighted by Gasteiger charge is 2.35. The average Bonchev–Trinajstić information content (AvgIpc) is 3.75. The minimum Gasteiger partial charge on any atom is -0.244 e. The van der Waals surface area contributed by atoms with E-state index in [4.69, 9.17) is 19.9 Å². The Labute approximate surface area is 328 Å². The molecule has 0 saturated carbocycles. The van der Waals surface area contributed by atoms with Gasteiger partial charge in [-0.1, -0.05) is 147 Å². The highest BCUT2D eigenvalue weighted by Crippen LogP contribution is 2.49. The Morgan fingerprint density at radius 3 is 1.84 bits per heavy atom. The van der Waals surface area contributed by atoms with Gasteiger partial charge < -0.3 is 0 Å². The average molecular weight is 735 g/mol. The zero-order valence-corrected chi connectivity index (χ0v) is 31.7. The van der Waals surface area contributed by atoms with Gasteiger partial charge in [0.1, 0.15) is 0 Å². The van der Waals surface area contributed by atoms with Crippen LogP contribution in [0.25, 0.3) is 98.7 Å². The first-order valence-corrected chi connectivity index (χ1v) is 19.8. The van der Waals surface area contributed by atoms with Crippen molar-refractivity contribution in [2.75, 3.05) is 0 Å². The molecule has 11 rings (SSSR count). The van der Waals surface area contributed by atoms with Crippen LogP contribution in [-0.4, -0.2) is 19.9 Å². The first-order valence-electron chi connectivity index (χ1n) is 19.0. The SMILES string of the molecule is CC1(C)c2ccccc2-c2ccc(-c3cc(-c4ccc(-c5nc6ccccc6nc5-c5cccc6sc7ccccc7c56)cc4)nc(-c4ccccc4)n3)cc21. The van der Waals surface area contributed by atoms with Crippen LogP contribution >= 0.6 is 11.3 Å². The minimum absolute atomic E-state index is 0.109. The van der Waals surface area contributed by atoms with Crippen LogP contribution in [0.3, 0.4) is 0 Å². The number of rotatable bonds is 5. The van der Waals surface area contributed by atoms with Crippen LogP contribution in [0, 0.1) is 0 Å². The van der Waals surface area contributed by atoms with E-state index >= 15 is 0 Å². The quantitative estimate of drug-likeness (QED) is 0.177. The third-order valence-electron chi connectivity index (χ3n) is 11.3. The fraction of sp³-hybridized carbons (Fsp3) is 0.0588. The topological polar surface area (TPSA) is 51.6 Å². The number of benzene rings is 7. The summed E-state index contributed by atoms with van der Waals surface area (Å²) in [6.07, 6.45) is 0. The number of aromatic nitrogens is 4. The Balaban J connectivity index is 1.05. The molecule has 0 radical (unpaired) electrons. The minimum atomic E-state index is -0.109. The van der Waals surface area contributed by atoms with Gasteiger partial charge in [-0.3, -0.25) is 0 Å². The van der Waals surface area contributed by atoms with Crippen molar-refractivity contribution >= 4 is 42.5 Å². The Bertz CT molecular complexity index is 3160. The van der Waals surface area contributed by atoms with Gasteiger partial charge in [-0.05, 0) is 58.7 Å². The van der Waals surface area contributed by atoms with E-state index in [9.17, 15) is 0 Å². The summed E-state index contributed by atoms with van der Waals surface area (Å²) < 4.78 is 2.51. The Kier molecular flexibility index (Phi) is 7.35. The van der Waals surface area contributed by atoms with Crippen LogP contribution in [0.5, 0.6) is 0 Å². The van der Waals surface area contributed by atoms with Crippen LogP contribution < -0.4 is 0 Å². The molecule has 0 saturated heterocycles. The maximum Gasteiger partial charge on any atom is 0.160 e. The van der Waals surface area contributed by atoms with Gasteiger partial charge in [-0.15, -0.1) is 11.3 Å². The third kappa shape index (κ3) is 5.19. The molecule has 0 amide bonds. The van der Waals surface area contributed by atoms with Gasteiger partial charge in [-0.25, -0.2) is 19.9 Å². The molecule has 4 nitrogen and oxygen atoms in total. The van der Waals surface area contributed by atoms with Gasteiger partial charge in [0.25, 0.3) is 0 Å². The van der Waals surface area contributed by atoms with Crippen LogP contribution in [0.2, 0.25) is 0 Å². The highest BCUT2D eigenvalue weighted by molar-refractivity contribution is 7.25. The first-order chi connectivity index (χ1) is 27.5. The highest BCUT2D eigenvalue weighted by atomic mass is 32.1. The van der Waals surface area contributed by atoms with Gasteiger partial charge in [0.05, 0.1) is 33.8 Å². The van der Waals surface area contributed by atoms with E-state index in [0.29, 0.717) is 5.82 Å². The number of para-hydroxylation sites is 2. The molecule has 7 aromatic carbocycles. The van der Waals surface area contributed by atoms with Gasteiger partial charge in [-0.2, -0.15) is 0 Å². The molecule has 0 N–H and O–H groups in total. The maximum atomic E-state index is 5.30. The van der Waals surface area contributed by atoms with Gasteiger partial charge in [0.2, 0.25) is 0 Å². The fourth-order valence-electron chi connectivity index (χ4n) is 8.48. The molecule has 3 aromatic heterocycles. The summed E-state index contributed by atoms with van der Waals surface area (Å²) in [5.74, 6) is 0.698. The van der Waals surface area contributed by atoms with E-state index in [0.717, 1.165) is 61.6 Å². The van der Waals surface area contributed by atoms with Crippen molar-refractivity contribution < 1.29 is 0 Å². The summed E-state index contributed by atoms with van der Waals surface area (Å²) in [6, 6.07) is 59.8. The molecular formula is C51H34N4S. The smallest absolute Gasteiger partial charge is 0.160 e. The van der Waals surface area contributed by atoms with E-state index in [1.165, 1.54) is 42.4 Å². The predicted octanol–water partition coefficient (Wildman–Crippen LogP) is 13.4. The normalized spacial score (nSPS) is 13.0. The molecule has 264 valence electrons. The number of nitrogens with zero attached hydrogens (tertiary/aromatic N) is 4. The van der Waals surface area contributed by atoms with Crippen molar-refractivity contribution in [3.63, 3.8) is 0 Å². The molecule has 0 fully saturated rings. The lowest BCUT2D eigenvalue weighted by atomic mass is 9.82. The van der Waals surface area contributed by atoms with E-state index < -0.39 is 0 Å². The molecule has 5 heteroatoms. The summed E-state index contributed by atoms with van der Waals surface area (Å²) in [4.78, 5) is 20.9. The fourth-order valence-corrected chi connectivity index (χ4v) is 9.62. The molecule has 56 heavy (non-hydrogen) atoms. The van der Waals surface area contributed by atoms with E-state index in [1.807, 2.05) is 53.8 Å². The van der Waals surface area contributed by atoms with Crippen molar-refractivity contribution in [3.05, 3.63) is 181 Å². The molecule has 1 aliphatic rings. The molecule has 0 bridgehead atoms. The van der Waals surface area contributed by atoms with Crippen molar-refractivity contribution in [1.29, 1.82) is 0 Å². The lowest BCUT2D eigenvalue weighted by molar-refractivity contribution is 0.660. The summed E-state index contributed by atoms with van der Waals surface area (Å²) >= 11 is 1.82. The maximum absolute atomic E-state index is 5.30. The van der Waals surface area contributed by atoms with Gasteiger partial charge in [0, 0.05) is 53.4 Å². The second-order valence-corrected chi connectivity index (χ2v) is 16.1. The van der Waals surface area contributed by atoms with Crippen molar-refractivity contribution in [2.45, 2.75) is 19.3 Å². The molecule has 0 aliphatic heterocycles. The Morgan fingerprint density at radius 2 is 1.02 bits per heavy atom. The summed E-state index contributed by atoms with van der Waals surface area (Å²) in [6.45, 7) is 4.64.